The number of nitrogens with one attached hydrogen (secondary N) is 1. The molecule has 3 N–H and O–H groups in total. The van der Waals surface area contributed by atoms with E-state index in [0.29, 0.717) is 16.7 Å². The average Bonchev–Trinajstić information content (AvgIpc) is 3.01. The third-order valence-corrected chi connectivity index (χ3v) is 3.33. The zero-order valence-corrected chi connectivity index (χ0v) is 10.9. The molecule has 0 aliphatic rings. The van der Waals surface area contributed by atoms with Crippen LogP contribution in [0.2, 0.25) is 0 Å². The second-order valence-corrected chi connectivity index (χ2v) is 4.70. The van der Waals surface area contributed by atoms with E-state index < -0.39 is 0 Å². The van der Waals surface area contributed by atoms with Gasteiger partial charge < -0.3 is 11.1 Å². The number of benzene rings is 2. The van der Waals surface area contributed by atoms with Gasteiger partial charge in [-0.3, -0.25) is 4.98 Å². The van der Waals surface area contributed by atoms with Gasteiger partial charge in [-0.25, -0.2) is 4.63 Å². The molecular formula is C15H11N5O. The van der Waals surface area contributed by atoms with Gasteiger partial charge in [-0.15, -0.1) is 0 Å². The Kier molecular flexibility index (Phi) is 2.47. The number of hydrogen-bond donors (Lipinski definition) is 2. The van der Waals surface area contributed by atoms with Gasteiger partial charge in [0.25, 0.3) is 0 Å². The molecular weight excluding hydrogens is 266 g/mol. The van der Waals surface area contributed by atoms with Crippen LogP contribution >= 0.6 is 0 Å². The first kappa shape index (κ1) is 11.7. The van der Waals surface area contributed by atoms with Crippen LogP contribution in [0.25, 0.3) is 21.9 Å². The summed E-state index contributed by atoms with van der Waals surface area (Å²) in [6, 6.07) is 13.5. The fourth-order valence-electron chi connectivity index (χ4n) is 2.30. The number of aromatic nitrogens is 3. The number of anilines is 3. The molecule has 6 nitrogen and oxygen atoms in total. The van der Waals surface area contributed by atoms with E-state index in [0.717, 1.165) is 22.3 Å². The molecule has 0 aliphatic heterocycles. The Morgan fingerprint density at radius 3 is 2.86 bits per heavy atom. The molecule has 4 aromatic rings. The Morgan fingerprint density at radius 1 is 1.00 bits per heavy atom. The summed E-state index contributed by atoms with van der Waals surface area (Å²) < 4.78 is 4.76. The van der Waals surface area contributed by atoms with Crippen LogP contribution < -0.4 is 11.1 Å². The molecule has 2 aromatic heterocycles. The lowest BCUT2D eigenvalue weighted by molar-refractivity contribution is 0.316. The first-order valence-corrected chi connectivity index (χ1v) is 6.44. The Balaban J connectivity index is 1.79. The van der Waals surface area contributed by atoms with E-state index in [4.69, 9.17) is 10.4 Å². The summed E-state index contributed by atoms with van der Waals surface area (Å²) in [7, 11) is 0. The number of nitrogen functional groups attached to an aromatic ring is 1. The first-order valence-electron chi connectivity index (χ1n) is 6.44. The van der Waals surface area contributed by atoms with Crippen molar-refractivity contribution in [2.24, 2.45) is 0 Å². The van der Waals surface area contributed by atoms with Gasteiger partial charge in [-0.1, -0.05) is 6.07 Å². The van der Waals surface area contributed by atoms with Crippen molar-refractivity contribution in [1.29, 1.82) is 0 Å². The second kappa shape index (κ2) is 4.45. The molecule has 0 radical (unpaired) electrons. The fraction of sp³-hybridized carbons (Fsp3) is 0. The summed E-state index contributed by atoms with van der Waals surface area (Å²) in [6.07, 6.45) is 1.78. The standard InChI is InChI=1S/C15H11N5O/c16-11-4-6-13(15-14(11)19-21-20-15)18-10-3-5-12-9(8-10)2-1-7-17-12/h1-8,18H,16H2. The lowest BCUT2D eigenvalue weighted by Gasteiger charge is -2.08. The SMILES string of the molecule is Nc1ccc(Nc2ccc3ncccc3c2)c2nonc12. The maximum absolute atomic E-state index is 5.84. The largest absolute Gasteiger partial charge is 0.397 e. The van der Waals surface area contributed by atoms with E-state index in [9.17, 15) is 0 Å². The Bertz CT molecular complexity index is 947. The van der Waals surface area contributed by atoms with Crippen LogP contribution in [0.4, 0.5) is 17.1 Å². The van der Waals surface area contributed by atoms with Crippen molar-refractivity contribution in [1.82, 2.24) is 15.3 Å². The molecule has 0 bridgehead atoms. The third kappa shape index (κ3) is 1.93. The first-order chi connectivity index (χ1) is 10.3. The zero-order valence-electron chi connectivity index (χ0n) is 10.9. The zero-order chi connectivity index (χ0) is 14.2. The Labute approximate surface area is 119 Å². The molecule has 102 valence electrons. The van der Waals surface area contributed by atoms with Crippen LogP contribution in [0.15, 0.2) is 53.3 Å². The van der Waals surface area contributed by atoms with Crippen molar-refractivity contribution in [3.8, 4) is 0 Å². The maximum atomic E-state index is 5.84. The molecule has 0 atom stereocenters. The lowest BCUT2D eigenvalue weighted by Crippen LogP contribution is -1.94. The highest BCUT2D eigenvalue weighted by atomic mass is 16.6. The van der Waals surface area contributed by atoms with Crippen molar-refractivity contribution >= 4 is 39.0 Å². The number of hydrogen-bond acceptors (Lipinski definition) is 6. The second-order valence-electron chi connectivity index (χ2n) is 4.70. The van der Waals surface area contributed by atoms with E-state index in [1.165, 1.54) is 0 Å². The molecule has 0 aliphatic carbocycles. The average molecular weight is 277 g/mol. The normalized spacial score (nSPS) is 11.0. The van der Waals surface area contributed by atoms with E-state index in [1.54, 1.807) is 12.3 Å². The number of rotatable bonds is 2. The van der Waals surface area contributed by atoms with Crippen LogP contribution in [0, 0.1) is 0 Å². The molecule has 0 unspecified atom stereocenters. The number of pyridine rings is 1. The summed E-state index contributed by atoms with van der Waals surface area (Å²) in [4.78, 5) is 4.30. The van der Waals surface area contributed by atoms with Gasteiger partial charge >= 0.3 is 0 Å². The van der Waals surface area contributed by atoms with Gasteiger partial charge in [0.1, 0.15) is 0 Å². The van der Waals surface area contributed by atoms with Crippen molar-refractivity contribution in [2.75, 3.05) is 11.1 Å². The topological polar surface area (TPSA) is 89.9 Å². The summed E-state index contributed by atoms with van der Waals surface area (Å²) in [5.74, 6) is 0. The van der Waals surface area contributed by atoms with E-state index in [2.05, 4.69) is 20.6 Å². The van der Waals surface area contributed by atoms with E-state index in [-0.39, 0.29) is 0 Å². The smallest absolute Gasteiger partial charge is 0.160 e. The summed E-state index contributed by atoms with van der Waals surface area (Å²) in [5.41, 5.74) is 10.2. The summed E-state index contributed by atoms with van der Waals surface area (Å²) in [5, 5.41) is 12.1. The van der Waals surface area contributed by atoms with Crippen molar-refractivity contribution in [2.45, 2.75) is 0 Å². The van der Waals surface area contributed by atoms with Gasteiger partial charge in [0.2, 0.25) is 0 Å². The minimum atomic E-state index is 0.541. The van der Waals surface area contributed by atoms with Crippen LogP contribution in [-0.4, -0.2) is 15.3 Å². The van der Waals surface area contributed by atoms with Crippen LogP contribution in [0.3, 0.4) is 0 Å². The third-order valence-electron chi connectivity index (χ3n) is 3.33. The minimum Gasteiger partial charge on any atom is -0.397 e. The van der Waals surface area contributed by atoms with Gasteiger partial charge in [0.05, 0.1) is 16.9 Å². The van der Waals surface area contributed by atoms with Crippen molar-refractivity contribution in [3.05, 3.63) is 48.7 Å². The highest BCUT2D eigenvalue weighted by molar-refractivity contribution is 5.96. The van der Waals surface area contributed by atoms with Crippen molar-refractivity contribution < 1.29 is 4.63 Å². The number of fused-ring (bicyclic) bond motifs is 2. The number of nitrogens with two attached hydrogens (primary N) is 1. The predicted molar refractivity (Wildman–Crippen MR) is 81.2 cm³/mol. The van der Waals surface area contributed by atoms with Crippen LogP contribution in [0.5, 0.6) is 0 Å². The molecule has 6 heteroatoms. The van der Waals surface area contributed by atoms with Gasteiger partial charge in [0, 0.05) is 17.3 Å². The summed E-state index contributed by atoms with van der Waals surface area (Å²) >= 11 is 0. The molecule has 0 fully saturated rings. The van der Waals surface area contributed by atoms with Gasteiger partial charge in [-0.2, -0.15) is 0 Å². The quantitative estimate of drug-likeness (QED) is 0.547. The molecule has 0 saturated heterocycles. The summed E-state index contributed by atoms with van der Waals surface area (Å²) in [6.45, 7) is 0. The number of nitrogens with zero attached hydrogens (tertiary/aromatic N) is 3. The Hall–Kier alpha value is -3.15. The van der Waals surface area contributed by atoms with Crippen LogP contribution in [-0.2, 0) is 0 Å². The predicted octanol–water partition coefficient (Wildman–Crippen LogP) is 3.10. The molecule has 0 spiro atoms. The molecule has 21 heavy (non-hydrogen) atoms. The molecule has 4 rings (SSSR count). The van der Waals surface area contributed by atoms with Crippen LogP contribution in [0.1, 0.15) is 0 Å². The van der Waals surface area contributed by atoms with Crippen molar-refractivity contribution in [3.63, 3.8) is 0 Å². The lowest BCUT2D eigenvalue weighted by atomic mass is 10.2. The molecule has 0 saturated carbocycles. The minimum absolute atomic E-state index is 0.541. The molecule has 2 aromatic carbocycles. The fourth-order valence-corrected chi connectivity index (χ4v) is 2.30. The maximum Gasteiger partial charge on any atom is 0.160 e. The Morgan fingerprint density at radius 2 is 1.90 bits per heavy atom. The molecule has 2 heterocycles. The van der Waals surface area contributed by atoms with Gasteiger partial charge in [-0.05, 0) is 46.7 Å². The van der Waals surface area contributed by atoms with Gasteiger partial charge in [0.15, 0.2) is 11.0 Å². The highest BCUT2D eigenvalue weighted by Gasteiger charge is 2.10. The van der Waals surface area contributed by atoms with E-state index >= 15 is 0 Å². The molecule has 0 amide bonds. The monoisotopic (exact) mass is 277 g/mol. The van der Waals surface area contributed by atoms with E-state index in [1.807, 2.05) is 36.4 Å². The highest BCUT2D eigenvalue weighted by Crippen LogP contribution is 2.28.